The lowest BCUT2D eigenvalue weighted by Gasteiger charge is -2.31. The summed E-state index contributed by atoms with van der Waals surface area (Å²) in [6, 6.07) is 2.52. The number of aryl methyl sites for hydroxylation is 1. The van der Waals surface area contributed by atoms with Crippen LogP contribution in [0.5, 0.6) is 0 Å². The van der Waals surface area contributed by atoms with Gasteiger partial charge in [0, 0.05) is 30.8 Å². The summed E-state index contributed by atoms with van der Waals surface area (Å²) in [5.74, 6) is -1.87. The van der Waals surface area contributed by atoms with Crippen LogP contribution in [0.2, 0.25) is 0 Å². The molecule has 8 heteroatoms. The SMILES string of the molecule is Cc1cn[nH]c1C1CCCN(S(=O)(=O)c2ccc(F)cc2F)C1. The molecule has 1 saturated heterocycles. The number of halogens is 2. The number of aromatic nitrogens is 2. The Bertz CT molecular complexity index is 820. The highest BCUT2D eigenvalue weighted by atomic mass is 32.2. The van der Waals surface area contributed by atoms with Crippen molar-refractivity contribution >= 4 is 10.0 Å². The van der Waals surface area contributed by atoms with Gasteiger partial charge in [-0.15, -0.1) is 0 Å². The van der Waals surface area contributed by atoms with E-state index in [0.717, 1.165) is 29.8 Å². The van der Waals surface area contributed by atoms with Gasteiger partial charge in [0.15, 0.2) is 0 Å². The molecule has 0 spiro atoms. The molecule has 0 saturated carbocycles. The summed E-state index contributed by atoms with van der Waals surface area (Å²) in [5.41, 5.74) is 1.88. The Morgan fingerprint density at radius 2 is 2.13 bits per heavy atom. The second kappa shape index (κ2) is 6.01. The van der Waals surface area contributed by atoms with Crippen LogP contribution in [0.1, 0.15) is 30.0 Å². The van der Waals surface area contributed by atoms with Crippen LogP contribution in [0, 0.1) is 18.6 Å². The smallest absolute Gasteiger partial charge is 0.246 e. The Kier molecular flexibility index (Phi) is 4.20. The van der Waals surface area contributed by atoms with Crippen LogP contribution in [0.4, 0.5) is 8.78 Å². The van der Waals surface area contributed by atoms with Gasteiger partial charge in [0.1, 0.15) is 16.5 Å². The van der Waals surface area contributed by atoms with E-state index in [2.05, 4.69) is 10.2 Å². The van der Waals surface area contributed by atoms with E-state index < -0.39 is 26.6 Å². The lowest BCUT2D eigenvalue weighted by molar-refractivity contribution is 0.311. The number of rotatable bonds is 3. The molecule has 0 aliphatic carbocycles. The number of aromatic amines is 1. The van der Waals surface area contributed by atoms with E-state index in [1.54, 1.807) is 6.20 Å². The molecule has 2 aromatic rings. The zero-order valence-electron chi connectivity index (χ0n) is 12.6. The minimum Gasteiger partial charge on any atom is -0.282 e. The Labute approximate surface area is 133 Å². The molecule has 3 rings (SSSR count). The van der Waals surface area contributed by atoms with Crippen LogP contribution in [-0.2, 0) is 10.0 Å². The summed E-state index contributed by atoms with van der Waals surface area (Å²) in [6.45, 7) is 2.48. The van der Waals surface area contributed by atoms with Gasteiger partial charge in [0.25, 0.3) is 0 Å². The summed E-state index contributed by atoms with van der Waals surface area (Å²) in [6.07, 6.45) is 3.20. The van der Waals surface area contributed by atoms with Crippen molar-refractivity contribution in [2.24, 2.45) is 0 Å². The summed E-state index contributed by atoms with van der Waals surface area (Å²) in [7, 11) is -3.99. The molecule has 1 aromatic heterocycles. The minimum atomic E-state index is -3.99. The Morgan fingerprint density at radius 3 is 2.78 bits per heavy atom. The molecule has 0 radical (unpaired) electrons. The first-order valence-corrected chi connectivity index (χ1v) is 8.78. The van der Waals surface area contributed by atoms with Crippen LogP contribution in [-0.4, -0.2) is 36.0 Å². The number of hydrogen-bond acceptors (Lipinski definition) is 3. The predicted molar refractivity (Wildman–Crippen MR) is 80.4 cm³/mol. The number of benzene rings is 1. The monoisotopic (exact) mass is 341 g/mol. The highest BCUT2D eigenvalue weighted by Gasteiger charge is 2.33. The molecule has 1 aliphatic rings. The third-order valence-electron chi connectivity index (χ3n) is 4.17. The quantitative estimate of drug-likeness (QED) is 0.933. The van der Waals surface area contributed by atoms with E-state index in [-0.39, 0.29) is 12.5 Å². The fourth-order valence-electron chi connectivity index (χ4n) is 2.99. The standard InChI is InChI=1S/C15H17F2N3O2S/c1-10-8-18-19-15(10)11-3-2-6-20(9-11)23(21,22)14-5-4-12(16)7-13(14)17/h4-5,7-8,11H,2-3,6,9H2,1H3,(H,18,19). The molecular formula is C15H17F2N3O2S. The molecule has 23 heavy (non-hydrogen) atoms. The zero-order valence-corrected chi connectivity index (χ0v) is 13.4. The number of hydrogen-bond donors (Lipinski definition) is 1. The molecule has 1 fully saturated rings. The average molecular weight is 341 g/mol. The fraction of sp³-hybridized carbons (Fsp3) is 0.400. The zero-order chi connectivity index (χ0) is 16.6. The molecule has 2 heterocycles. The van der Waals surface area contributed by atoms with E-state index in [0.29, 0.717) is 19.0 Å². The molecule has 124 valence electrons. The number of H-pyrrole nitrogens is 1. The number of nitrogens with one attached hydrogen (secondary N) is 1. The van der Waals surface area contributed by atoms with Crippen molar-refractivity contribution in [3.63, 3.8) is 0 Å². The van der Waals surface area contributed by atoms with E-state index in [1.807, 2.05) is 6.92 Å². The minimum absolute atomic E-state index is 0.00969. The topological polar surface area (TPSA) is 66.1 Å². The van der Waals surface area contributed by atoms with E-state index in [1.165, 1.54) is 4.31 Å². The maximum atomic E-state index is 13.9. The lowest BCUT2D eigenvalue weighted by Crippen LogP contribution is -2.39. The molecule has 0 bridgehead atoms. The molecule has 1 aromatic carbocycles. The molecule has 5 nitrogen and oxygen atoms in total. The number of piperidine rings is 1. The number of sulfonamides is 1. The van der Waals surface area contributed by atoms with Gasteiger partial charge >= 0.3 is 0 Å². The van der Waals surface area contributed by atoms with Crippen molar-refractivity contribution in [2.75, 3.05) is 13.1 Å². The van der Waals surface area contributed by atoms with Crippen molar-refractivity contribution in [3.8, 4) is 0 Å². The van der Waals surface area contributed by atoms with Crippen LogP contribution in [0.15, 0.2) is 29.3 Å². The first kappa shape index (κ1) is 16.1. The average Bonchev–Trinajstić information content (AvgIpc) is 2.93. The van der Waals surface area contributed by atoms with Crippen molar-refractivity contribution < 1.29 is 17.2 Å². The van der Waals surface area contributed by atoms with Crippen LogP contribution in [0.25, 0.3) is 0 Å². The van der Waals surface area contributed by atoms with Crippen molar-refractivity contribution in [1.82, 2.24) is 14.5 Å². The maximum Gasteiger partial charge on any atom is 0.246 e. The third-order valence-corrected chi connectivity index (χ3v) is 6.07. The van der Waals surface area contributed by atoms with Gasteiger partial charge in [0.05, 0.1) is 6.20 Å². The summed E-state index contributed by atoms with van der Waals surface area (Å²) in [4.78, 5) is -0.485. The molecule has 1 unspecified atom stereocenters. The van der Waals surface area contributed by atoms with Gasteiger partial charge in [0.2, 0.25) is 10.0 Å². The van der Waals surface area contributed by atoms with Crippen molar-refractivity contribution in [1.29, 1.82) is 0 Å². The summed E-state index contributed by atoms with van der Waals surface area (Å²) >= 11 is 0. The first-order chi connectivity index (χ1) is 10.9. The van der Waals surface area contributed by atoms with E-state index >= 15 is 0 Å². The van der Waals surface area contributed by atoms with Crippen LogP contribution in [0.3, 0.4) is 0 Å². The number of nitrogens with zero attached hydrogens (tertiary/aromatic N) is 2. The van der Waals surface area contributed by atoms with Crippen LogP contribution >= 0.6 is 0 Å². The highest BCUT2D eigenvalue weighted by molar-refractivity contribution is 7.89. The van der Waals surface area contributed by atoms with E-state index in [4.69, 9.17) is 0 Å². The Hall–Kier alpha value is -1.80. The van der Waals surface area contributed by atoms with E-state index in [9.17, 15) is 17.2 Å². The Balaban J connectivity index is 1.89. The van der Waals surface area contributed by atoms with Gasteiger partial charge in [-0.2, -0.15) is 9.40 Å². The normalized spacial score (nSPS) is 19.9. The highest BCUT2D eigenvalue weighted by Crippen LogP contribution is 2.31. The summed E-state index contributed by atoms with van der Waals surface area (Å²) in [5, 5.41) is 6.88. The van der Waals surface area contributed by atoms with Crippen molar-refractivity contribution in [2.45, 2.75) is 30.6 Å². The van der Waals surface area contributed by atoms with Gasteiger partial charge in [-0.05, 0) is 37.5 Å². The van der Waals surface area contributed by atoms with Gasteiger partial charge < -0.3 is 0 Å². The fourth-order valence-corrected chi connectivity index (χ4v) is 4.56. The molecule has 1 N–H and O–H groups in total. The lowest BCUT2D eigenvalue weighted by atomic mass is 9.94. The maximum absolute atomic E-state index is 13.9. The molecular weight excluding hydrogens is 324 g/mol. The first-order valence-electron chi connectivity index (χ1n) is 7.34. The van der Waals surface area contributed by atoms with Crippen molar-refractivity contribution in [3.05, 3.63) is 47.3 Å². The second-order valence-electron chi connectivity index (χ2n) is 5.74. The second-order valence-corrected chi connectivity index (χ2v) is 7.65. The van der Waals surface area contributed by atoms with Gasteiger partial charge in [-0.3, -0.25) is 5.10 Å². The van der Waals surface area contributed by atoms with Gasteiger partial charge in [-0.25, -0.2) is 17.2 Å². The predicted octanol–water partition coefficient (Wildman–Crippen LogP) is 2.56. The Morgan fingerprint density at radius 1 is 1.35 bits per heavy atom. The largest absolute Gasteiger partial charge is 0.282 e. The van der Waals surface area contributed by atoms with Crippen LogP contribution < -0.4 is 0 Å². The third kappa shape index (κ3) is 3.00. The van der Waals surface area contributed by atoms with Gasteiger partial charge in [-0.1, -0.05) is 0 Å². The molecule has 0 amide bonds. The molecule has 1 atom stereocenters. The molecule has 1 aliphatic heterocycles. The summed E-state index contributed by atoms with van der Waals surface area (Å²) < 4.78 is 53.5.